The van der Waals surface area contributed by atoms with Gasteiger partial charge in [0.05, 0.1) is 4.90 Å². The van der Waals surface area contributed by atoms with E-state index < -0.39 is 10.0 Å². The minimum atomic E-state index is -3.42. The van der Waals surface area contributed by atoms with Crippen LogP contribution in [0.3, 0.4) is 0 Å². The average molecular weight is 344 g/mol. The first kappa shape index (κ1) is 15.5. The van der Waals surface area contributed by atoms with Crippen molar-refractivity contribution in [3.05, 3.63) is 47.9 Å². The Kier molecular flexibility index (Phi) is 3.58. The SMILES string of the molecule is Cc1ccc(S(=O)(=O)N2C3CC2CN(c2ccnc(C)n2)C3)cc1. The predicted molar refractivity (Wildman–Crippen MR) is 91.4 cm³/mol. The third-order valence-corrected chi connectivity index (χ3v) is 6.83. The van der Waals surface area contributed by atoms with Crippen LogP contribution in [-0.4, -0.2) is 47.9 Å². The molecule has 2 aromatic rings. The van der Waals surface area contributed by atoms with Crippen LogP contribution in [0.25, 0.3) is 0 Å². The molecular weight excluding hydrogens is 324 g/mol. The summed E-state index contributed by atoms with van der Waals surface area (Å²) >= 11 is 0. The van der Waals surface area contributed by atoms with Crippen molar-refractivity contribution in [3.63, 3.8) is 0 Å². The average Bonchev–Trinajstić information content (AvgIpc) is 2.55. The molecule has 126 valence electrons. The van der Waals surface area contributed by atoms with Crippen molar-refractivity contribution in [2.75, 3.05) is 18.0 Å². The van der Waals surface area contributed by atoms with Crippen molar-refractivity contribution < 1.29 is 8.42 Å². The van der Waals surface area contributed by atoms with Gasteiger partial charge in [0.15, 0.2) is 0 Å². The molecule has 3 aliphatic heterocycles. The largest absolute Gasteiger partial charge is 0.353 e. The third kappa shape index (κ3) is 2.48. The van der Waals surface area contributed by atoms with Crippen LogP contribution < -0.4 is 4.90 Å². The molecule has 0 N–H and O–H groups in total. The van der Waals surface area contributed by atoms with E-state index in [1.54, 1.807) is 22.6 Å². The van der Waals surface area contributed by atoms with Crippen LogP contribution in [0.5, 0.6) is 0 Å². The zero-order chi connectivity index (χ0) is 16.9. The van der Waals surface area contributed by atoms with E-state index in [0.29, 0.717) is 18.0 Å². The number of rotatable bonds is 3. The number of hydrogen-bond donors (Lipinski definition) is 0. The van der Waals surface area contributed by atoms with Crippen molar-refractivity contribution >= 4 is 15.8 Å². The van der Waals surface area contributed by atoms with E-state index in [9.17, 15) is 8.42 Å². The van der Waals surface area contributed by atoms with Crippen molar-refractivity contribution in [1.29, 1.82) is 0 Å². The van der Waals surface area contributed by atoms with Crippen LogP contribution in [0, 0.1) is 13.8 Å². The van der Waals surface area contributed by atoms with E-state index >= 15 is 0 Å². The topological polar surface area (TPSA) is 66.4 Å². The molecule has 3 fully saturated rings. The normalized spacial score (nSPS) is 23.8. The highest BCUT2D eigenvalue weighted by molar-refractivity contribution is 7.89. The lowest BCUT2D eigenvalue weighted by Gasteiger charge is -2.55. The van der Waals surface area contributed by atoms with Gasteiger partial charge in [0.25, 0.3) is 0 Å². The van der Waals surface area contributed by atoms with Crippen LogP contribution >= 0.6 is 0 Å². The Morgan fingerprint density at radius 2 is 1.71 bits per heavy atom. The lowest BCUT2D eigenvalue weighted by Crippen LogP contribution is -2.70. The first-order valence-electron chi connectivity index (χ1n) is 8.10. The molecule has 1 aromatic carbocycles. The lowest BCUT2D eigenvalue weighted by atomic mass is 9.91. The predicted octanol–water partition coefficient (Wildman–Crippen LogP) is 1.75. The molecule has 7 heteroatoms. The van der Waals surface area contributed by atoms with Gasteiger partial charge in [-0.05, 0) is 38.5 Å². The molecule has 0 amide bonds. The second-order valence-electron chi connectivity index (χ2n) is 6.56. The molecule has 0 aliphatic carbocycles. The van der Waals surface area contributed by atoms with E-state index in [4.69, 9.17) is 0 Å². The quantitative estimate of drug-likeness (QED) is 0.849. The number of fused-ring (bicyclic) bond motifs is 2. The summed E-state index contributed by atoms with van der Waals surface area (Å²) in [6, 6.07) is 9.01. The first-order chi connectivity index (χ1) is 11.4. The molecule has 0 radical (unpaired) electrons. The summed E-state index contributed by atoms with van der Waals surface area (Å²) in [5.74, 6) is 1.61. The molecule has 2 bridgehead atoms. The first-order valence-corrected chi connectivity index (χ1v) is 9.54. The molecule has 6 nitrogen and oxygen atoms in total. The summed E-state index contributed by atoms with van der Waals surface area (Å²) in [4.78, 5) is 11.1. The summed E-state index contributed by atoms with van der Waals surface area (Å²) in [5.41, 5.74) is 1.06. The van der Waals surface area contributed by atoms with Crippen LogP contribution in [0.4, 0.5) is 5.82 Å². The number of benzene rings is 1. The number of nitrogens with zero attached hydrogens (tertiary/aromatic N) is 4. The highest BCUT2D eigenvalue weighted by atomic mass is 32.2. The number of aromatic nitrogens is 2. The van der Waals surface area contributed by atoms with Crippen molar-refractivity contribution in [2.45, 2.75) is 37.2 Å². The third-order valence-electron chi connectivity index (χ3n) is 4.81. The van der Waals surface area contributed by atoms with Gasteiger partial charge in [0.2, 0.25) is 10.0 Å². The van der Waals surface area contributed by atoms with Gasteiger partial charge < -0.3 is 4.90 Å². The Balaban J connectivity index is 1.56. The van der Waals surface area contributed by atoms with Crippen molar-refractivity contribution in [3.8, 4) is 0 Å². The van der Waals surface area contributed by atoms with Gasteiger partial charge in [0.1, 0.15) is 11.6 Å². The second-order valence-corrected chi connectivity index (χ2v) is 8.40. The van der Waals surface area contributed by atoms with E-state index in [0.717, 1.165) is 23.6 Å². The number of aryl methyl sites for hydroxylation is 2. The monoisotopic (exact) mass is 344 g/mol. The van der Waals surface area contributed by atoms with Gasteiger partial charge in [-0.25, -0.2) is 18.4 Å². The maximum atomic E-state index is 12.9. The van der Waals surface area contributed by atoms with Gasteiger partial charge in [-0.15, -0.1) is 0 Å². The summed E-state index contributed by atoms with van der Waals surface area (Å²) in [6.07, 6.45) is 2.67. The van der Waals surface area contributed by atoms with E-state index in [-0.39, 0.29) is 12.1 Å². The Morgan fingerprint density at radius 3 is 2.33 bits per heavy atom. The number of sulfonamides is 1. The molecule has 3 saturated heterocycles. The minimum Gasteiger partial charge on any atom is -0.353 e. The van der Waals surface area contributed by atoms with Gasteiger partial charge in [-0.3, -0.25) is 0 Å². The molecule has 3 aliphatic rings. The van der Waals surface area contributed by atoms with Crippen molar-refractivity contribution in [2.24, 2.45) is 0 Å². The van der Waals surface area contributed by atoms with Gasteiger partial charge in [-0.2, -0.15) is 4.31 Å². The molecule has 1 aromatic heterocycles. The van der Waals surface area contributed by atoms with E-state index in [1.807, 2.05) is 32.0 Å². The maximum absolute atomic E-state index is 12.9. The molecule has 5 rings (SSSR count). The zero-order valence-corrected chi connectivity index (χ0v) is 14.6. The Morgan fingerprint density at radius 1 is 1.04 bits per heavy atom. The fraction of sp³-hybridized carbons (Fsp3) is 0.412. The van der Waals surface area contributed by atoms with Crippen LogP contribution in [0.1, 0.15) is 17.8 Å². The summed E-state index contributed by atoms with van der Waals surface area (Å²) in [7, 11) is -3.42. The Bertz CT molecular complexity index is 854. The second kappa shape index (κ2) is 5.53. The number of piperidine rings is 1. The minimum absolute atomic E-state index is 0.0188. The molecule has 2 atom stereocenters. The summed E-state index contributed by atoms with van der Waals surface area (Å²) < 4.78 is 27.5. The number of piperazine rings is 1. The van der Waals surface area contributed by atoms with Gasteiger partial charge >= 0.3 is 0 Å². The van der Waals surface area contributed by atoms with Gasteiger partial charge in [-0.1, -0.05) is 17.7 Å². The fourth-order valence-electron chi connectivity index (χ4n) is 3.61. The summed E-state index contributed by atoms with van der Waals surface area (Å²) in [5, 5.41) is 0. The molecule has 0 spiro atoms. The van der Waals surface area contributed by atoms with Crippen LogP contribution in [0.2, 0.25) is 0 Å². The standard InChI is InChI=1S/C17H20N4O2S/c1-12-3-5-16(6-4-12)24(22,23)21-14-9-15(21)11-20(10-14)17-7-8-18-13(2)19-17/h3-8,14-15H,9-11H2,1-2H3. The van der Waals surface area contributed by atoms with E-state index in [2.05, 4.69) is 14.9 Å². The molecular formula is C17H20N4O2S. The highest BCUT2D eigenvalue weighted by Gasteiger charge is 2.51. The van der Waals surface area contributed by atoms with Crippen molar-refractivity contribution in [1.82, 2.24) is 14.3 Å². The zero-order valence-electron chi connectivity index (χ0n) is 13.8. The van der Waals surface area contributed by atoms with Crippen LogP contribution in [-0.2, 0) is 10.0 Å². The Labute approximate surface area is 142 Å². The molecule has 4 heterocycles. The molecule has 0 saturated carbocycles. The highest BCUT2D eigenvalue weighted by Crippen LogP contribution is 2.38. The Hall–Kier alpha value is -1.99. The summed E-state index contributed by atoms with van der Waals surface area (Å²) in [6.45, 7) is 5.18. The van der Waals surface area contributed by atoms with Crippen LogP contribution in [0.15, 0.2) is 41.4 Å². The number of anilines is 1. The van der Waals surface area contributed by atoms with E-state index in [1.165, 1.54) is 0 Å². The molecule has 24 heavy (non-hydrogen) atoms. The fourth-order valence-corrected chi connectivity index (χ4v) is 5.42. The smallest absolute Gasteiger partial charge is 0.243 e. The molecule has 2 unspecified atom stereocenters. The maximum Gasteiger partial charge on any atom is 0.243 e. The lowest BCUT2D eigenvalue weighted by molar-refractivity contribution is 0.0874. The number of hydrogen-bond acceptors (Lipinski definition) is 5. The van der Waals surface area contributed by atoms with Gasteiger partial charge in [0, 0.05) is 31.4 Å².